The summed E-state index contributed by atoms with van der Waals surface area (Å²) in [5.74, 6) is 7.75. The van der Waals surface area contributed by atoms with Gasteiger partial charge >= 0.3 is 0 Å². The quantitative estimate of drug-likeness (QED) is 0.623. The predicted octanol–water partition coefficient (Wildman–Crippen LogP) is 2.82. The molecule has 0 aromatic carbocycles. The summed E-state index contributed by atoms with van der Waals surface area (Å²) in [4.78, 5) is 16.0. The molecule has 1 aliphatic carbocycles. The van der Waals surface area contributed by atoms with Crippen LogP contribution in [0.5, 0.6) is 0 Å². The molecule has 1 saturated carbocycles. The molecule has 2 aromatic rings. The maximum atomic E-state index is 12.0. The Kier molecular flexibility index (Phi) is 5.57. The molecular weight excluding hydrogens is 348 g/mol. The second-order valence-corrected chi connectivity index (χ2v) is 7.12. The zero-order valence-electron chi connectivity index (χ0n) is 13.1. The molecule has 9 heteroatoms. The summed E-state index contributed by atoms with van der Waals surface area (Å²) in [5.41, 5.74) is 0. The van der Waals surface area contributed by atoms with E-state index in [9.17, 15) is 4.79 Å². The number of nitrogen functional groups attached to an aromatic ring is 1. The van der Waals surface area contributed by atoms with Gasteiger partial charge in [-0.05, 0) is 25.0 Å². The Morgan fingerprint density at radius 3 is 2.83 bits per heavy atom. The van der Waals surface area contributed by atoms with Crippen LogP contribution in [0.1, 0.15) is 43.8 Å². The van der Waals surface area contributed by atoms with Crippen molar-refractivity contribution in [3.8, 4) is 0 Å². The number of nitrogens with zero attached hydrogens (tertiary/aromatic N) is 4. The lowest BCUT2D eigenvalue weighted by Gasteiger charge is -2.20. The molecule has 1 aliphatic rings. The number of rotatable bonds is 5. The van der Waals surface area contributed by atoms with Crippen LogP contribution in [-0.4, -0.2) is 31.5 Å². The van der Waals surface area contributed by atoms with Crippen molar-refractivity contribution in [3.63, 3.8) is 0 Å². The molecule has 24 heavy (non-hydrogen) atoms. The Hall–Kier alpha value is -1.80. The first kappa shape index (κ1) is 17.0. The zero-order chi connectivity index (χ0) is 16.9. The fourth-order valence-electron chi connectivity index (χ4n) is 2.78. The third kappa shape index (κ3) is 4.18. The van der Waals surface area contributed by atoms with Gasteiger partial charge in [0, 0.05) is 12.1 Å². The van der Waals surface area contributed by atoms with Crippen LogP contribution < -0.4 is 11.2 Å². The Balaban J connectivity index is 1.55. The molecule has 1 fully saturated rings. The number of halogens is 1. The number of nitrogens with one attached hydrogen (secondary N) is 1. The number of amides is 1. The molecule has 1 amide bonds. The minimum absolute atomic E-state index is 0.183. The highest BCUT2D eigenvalue weighted by molar-refractivity contribution is 7.99. The van der Waals surface area contributed by atoms with Crippen LogP contribution in [0.25, 0.3) is 0 Å². The first-order chi connectivity index (χ1) is 11.6. The van der Waals surface area contributed by atoms with E-state index < -0.39 is 0 Å². The predicted molar refractivity (Wildman–Crippen MR) is 94.6 cm³/mol. The van der Waals surface area contributed by atoms with E-state index in [2.05, 4.69) is 20.5 Å². The lowest BCUT2D eigenvalue weighted by molar-refractivity contribution is -0.113. The molecule has 3 N–H and O–H groups in total. The molecule has 0 radical (unpaired) electrons. The SMILES string of the molecule is Nn1c(SCC(=O)Nc2ccc(Cl)cn2)nnc1C1CCCCC1. The third-order valence-electron chi connectivity index (χ3n) is 3.99. The molecule has 0 spiro atoms. The number of aromatic nitrogens is 4. The molecule has 0 saturated heterocycles. The van der Waals surface area contributed by atoms with Gasteiger partial charge in [-0.25, -0.2) is 9.66 Å². The van der Waals surface area contributed by atoms with Crippen LogP contribution in [0.4, 0.5) is 5.82 Å². The fourth-order valence-corrected chi connectivity index (χ4v) is 3.56. The number of hydrogen-bond donors (Lipinski definition) is 2. The van der Waals surface area contributed by atoms with E-state index in [1.807, 2.05) is 0 Å². The topological polar surface area (TPSA) is 98.7 Å². The van der Waals surface area contributed by atoms with Crippen molar-refractivity contribution in [2.75, 3.05) is 16.9 Å². The summed E-state index contributed by atoms with van der Waals surface area (Å²) in [6, 6.07) is 3.32. The maximum Gasteiger partial charge on any atom is 0.236 e. The van der Waals surface area contributed by atoms with E-state index in [0.29, 0.717) is 21.9 Å². The lowest BCUT2D eigenvalue weighted by Crippen LogP contribution is -2.20. The fraction of sp³-hybridized carbons (Fsp3) is 0.467. The number of nitrogens with two attached hydrogens (primary N) is 1. The summed E-state index contributed by atoms with van der Waals surface area (Å²) < 4.78 is 1.52. The van der Waals surface area contributed by atoms with Crippen molar-refractivity contribution in [3.05, 3.63) is 29.2 Å². The molecule has 0 unspecified atom stereocenters. The van der Waals surface area contributed by atoms with Gasteiger partial charge in [0.15, 0.2) is 5.82 Å². The molecule has 0 bridgehead atoms. The van der Waals surface area contributed by atoms with E-state index in [1.165, 1.54) is 41.9 Å². The molecule has 0 aliphatic heterocycles. The van der Waals surface area contributed by atoms with Crippen LogP contribution in [0.3, 0.4) is 0 Å². The molecule has 7 nitrogen and oxygen atoms in total. The second-order valence-electron chi connectivity index (χ2n) is 5.74. The number of carbonyl (C=O) groups excluding carboxylic acids is 1. The zero-order valence-corrected chi connectivity index (χ0v) is 14.7. The molecular formula is C15H19ClN6OS. The minimum Gasteiger partial charge on any atom is -0.336 e. The van der Waals surface area contributed by atoms with Crippen molar-refractivity contribution in [2.24, 2.45) is 0 Å². The molecule has 3 rings (SSSR count). The third-order valence-corrected chi connectivity index (χ3v) is 5.16. The van der Waals surface area contributed by atoms with E-state index in [1.54, 1.807) is 12.1 Å². The van der Waals surface area contributed by atoms with Gasteiger partial charge in [0.2, 0.25) is 11.1 Å². The van der Waals surface area contributed by atoms with Crippen molar-refractivity contribution in [1.82, 2.24) is 19.9 Å². The van der Waals surface area contributed by atoms with Crippen molar-refractivity contribution in [1.29, 1.82) is 0 Å². The van der Waals surface area contributed by atoms with E-state index in [-0.39, 0.29) is 11.7 Å². The van der Waals surface area contributed by atoms with Crippen LogP contribution >= 0.6 is 23.4 Å². The van der Waals surface area contributed by atoms with E-state index in [4.69, 9.17) is 17.4 Å². The van der Waals surface area contributed by atoms with E-state index in [0.717, 1.165) is 18.7 Å². The van der Waals surface area contributed by atoms with Gasteiger partial charge in [0.05, 0.1) is 10.8 Å². The standard InChI is InChI=1S/C15H19ClN6OS/c16-11-6-7-12(18-8-11)19-13(23)9-24-15-21-20-14(22(15)17)10-4-2-1-3-5-10/h6-8,10H,1-5,9,17H2,(H,18,19,23). The second kappa shape index (κ2) is 7.85. The molecule has 128 valence electrons. The van der Waals surface area contributed by atoms with Gasteiger partial charge in [-0.2, -0.15) is 0 Å². The largest absolute Gasteiger partial charge is 0.336 e. The highest BCUT2D eigenvalue weighted by Crippen LogP contribution is 2.32. The normalized spacial score (nSPS) is 15.4. The summed E-state index contributed by atoms with van der Waals surface area (Å²) in [5, 5.41) is 12.1. The monoisotopic (exact) mass is 366 g/mol. The first-order valence-corrected chi connectivity index (χ1v) is 9.24. The Bertz CT molecular complexity index is 698. The van der Waals surface area contributed by atoms with Crippen LogP contribution in [-0.2, 0) is 4.79 Å². The minimum atomic E-state index is -0.183. The van der Waals surface area contributed by atoms with Gasteiger partial charge < -0.3 is 11.2 Å². The van der Waals surface area contributed by atoms with Crippen LogP contribution in [0.2, 0.25) is 5.02 Å². The Morgan fingerprint density at radius 2 is 2.12 bits per heavy atom. The average molecular weight is 367 g/mol. The van der Waals surface area contributed by atoms with Crippen LogP contribution in [0, 0.1) is 0 Å². The Morgan fingerprint density at radius 1 is 1.33 bits per heavy atom. The summed E-state index contributed by atoms with van der Waals surface area (Å²) in [6.45, 7) is 0. The summed E-state index contributed by atoms with van der Waals surface area (Å²) in [7, 11) is 0. The van der Waals surface area contributed by atoms with Crippen molar-refractivity contribution in [2.45, 2.75) is 43.2 Å². The smallest absolute Gasteiger partial charge is 0.236 e. The number of anilines is 1. The van der Waals surface area contributed by atoms with Crippen molar-refractivity contribution >= 4 is 35.1 Å². The van der Waals surface area contributed by atoms with Gasteiger partial charge in [-0.15, -0.1) is 10.2 Å². The van der Waals surface area contributed by atoms with E-state index >= 15 is 0 Å². The highest BCUT2D eigenvalue weighted by atomic mass is 35.5. The molecule has 0 atom stereocenters. The average Bonchev–Trinajstić information content (AvgIpc) is 2.97. The number of hydrogen-bond acceptors (Lipinski definition) is 6. The van der Waals surface area contributed by atoms with Gasteiger partial charge in [0.1, 0.15) is 5.82 Å². The number of carbonyl (C=O) groups is 1. The van der Waals surface area contributed by atoms with Gasteiger partial charge in [-0.3, -0.25) is 4.79 Å². The lowest BCUT2D eigenvalue weighted by atomic mass is 9.89. The summed E-state index contributed by atoms with van der Waals surface area (Å²) >= 11 is 7.02. The van der Waals surface area contributed by atoms with Crippen LogP contribution in [0.15, 0.2) is 23.5 Å². The first-order valence-electron chi connectivity index (χ1n) is 7.88. The Labute approximate surface area is 149 Å². The summed E-state index contributed by atoms with van der Waals surface area (Å²) in [6.07, 6.45) is 7.37. The number of pyridine rings is 1. The van der Waals surface area contributed by atoms with Crippen molar-refractivity contribution < 1.29 is 4.79 Å². The van der Waals surface area contributed by atoms with Gasteiger partial charge in [0.25, 0.3) is 0 Å². The maximum absolute atomic E-state index is 12.0. The number of thioether (sulfide) groups is 1. The van der Waals surface area contributed by atoms with Gasteiger partial charge in [-0.1, -0.05) is 42.6 Å². The molecule has 2 heterocycles. The highest BCUT2D eigenvalue weighted by Gasteiger charge is 2.22. The molecule has 2 aromatic heterocycles.